The summed E-state index contributed by atoms with van der Waals surface area (Å²) in [5.41, 5.74) is 2.46. The highest BCUT2D eigenvalue weighted by atomic mass is 16.5. The molecule has 11 heteroatoms. The number of rotatable bonds is 2. The van der Waals surface area contributed by atoms with E-state index in [0.717, 1.165) is 67.6 Å². The van der Waals surface area contributed by atoms with Crippen molar-refractivity contribution in [3.63, 3.8) is 0 Å². The van der Waals surface area contributed by atoms with Crippen LogP contribution in [0, 0.1) is 0 Å². The first kappa shape index (κ1) is 26.0. The topological polar surface area (TPSA) is 128 Å². The first-order valence-electron chi connectivity index (χ1n) is 13.6. The summed E-state index contributed by atoms with van der Waals surface area (Å²) < 4.78 is 6.05. The number of aromatic amines is 1. The molecule has 2 bridgehead atoms. The van der Waals surface area contributed by atoms with Crippen LogP contribution in [0.15, 0.2) is 36.1 Å². The number of allylic oxidation sites excluding steroid dienone is 1. The van der Waals surface area contributed by atoms with Gasteiger partial charge in [-0.15, -0.1) is 0 Å². The molecule has 38 heavy (non-hydrogen) atoms. The van der Waals surface area contributed by atoms with Gasteiger partial charge in [-0.05, 0) is 44.5 Å². The number of fused-ring (bicyclic) bond motifs is 2. The lowest BCUT2D eigenvalue weighted by molar-refractivity contribution is -0.133. The molecule has 2 aromatic heterocycles. The molecule has 1 saturated carbocycles. The van der Waals surface area contributed by atoms with Gasteiger partial charge < -0.3 is 35.5 Å². The maximum atomic E-state index is 12.8. The van der Waals surface area contributed by atoms with Gasteiger partial charge in [0, 0.05) is 38.8 Å². The van der Waals surface area contributed by atoms with Crippen molar-refractivity contribution in [3.8, 4) is 0 Å². The number of carbonyl (C=O) groups is 2. The SMILES string of the molecule is CN1CCCN(C)C(=O)COC2=C(NC(=O)NC3CCCCC3)C=CC(C2)Nc2ncnc3[nH]cc(c23)C1. The number of urea groups is 1. The molecule has 204 valence electrons. The minimum absolute atomic E-state index is 0.0859. The number of anilines is 1. The van der Waals surface area contributed by atoms with Gasteiger partial charge in [0.1, 0.15) is 23.6 Å². The Labute approximate surface area is 223 Å². The number of hydrogen-bond acceptors (Lipinski definition) is 7. The van der Waals surface area contributed by atoms with E-state index < -0.39 is 0 Å². The Bertz CT molecular complexity index is 1220. The number of likely N-dealkylation sites (N-methyl/N-ethyl adjacent to an activating group) is 1. The minimum atomic E-state index is -0.242. The Hall–Kier alpha value is -3.60. The average Bonchev–Trinajstić information content (AvgIpc) is 3.32. The summed E-state index contributed by atoms with van der Waals surface area (Å²) in [5.74, 6) is 1.21. The number of hydrogen-bond donors (Lipinski definition) is 4. The molecule has 11 nitrogen and oxygen atoms in total. The number of ether oxygens (including phenoxy) is 1. The molecule has 1 atom stereocenters. The molecule has 1 aliphatic heterocycles. The van der Waals surface area contributed by atoms with E-state index in [1.54, 1.807) is 18.3 Å². The van der Waals surface area contributed by atoms with Crippen LogP contribution < -0.4 is 16.0 Å². The molecular formula is C27H38N8O3. The van der Waals surface area contributed by atoms with Crippen LogP contribution in [0.2, 0.25) is 0 Å². The summed E-state index contributed by atoms with van der Waals surface area (Å²) in [6.45, 7) is 2.12. The fourth-order valence-corrected chi connectivity index (χ4v) is 5.39. The van der Waals surface area contributed by atoms with Crippen molar-refractivity contribution in [2.75, 3.05) is 39.1 Å². The van der Waals surface area contributed by atoms with Crippen LogP contribution in [0.1, 0.15) is 50.5 Å². The van der Waals surface area contributed by atoms with Gasteiger partial charge in [0.2, 0.25) is 0 Å². The lowest BCUT2D eigenvalue weighted by Gasteiger charge is -2.27. The number of amides is 3. The highest BCUT2D eigenvalue weighted by Gasteiger charge is 2.24. The van der Waals surface area contributed by atoms with Gasteiger partial charge >= 0.3 is 6.03 Å². The third kappa shape index (κ3) is 6.27. The van der Waals surface area contributed by atoms with E-state index in [1.165, 1.54) is 6.42 Å². The van der Waals surface area contributed by atoms with Crippen molar-refractivity contribution in [1.29, 1.82) is 0 Å². The smallest absolute Gasteiger partial charge is 0.319 e. The fourth-order valence-electron chi connectivity index (χ4n) is 5.39. The Morgan fingerprint density at radius 2 is 1.97 bits per heavy atom. The van der Waals surface area contributed by atoms with E-state index in [-0.39, 0.29) is 30.6 Å². The van der Waals surface area contributed by atoms with Gasteiger partial charge in [-0.1, -0.05) is 25.3 Å². The molecule has 0 aromatic carbocycles. The number of nitrogens with zero attached hydrogens (tertiary/aromatic N) is 4. The van der Waals surface area contributed by atoms with Crippen LogP contribution in [0.3, 0.4) is 0 Å². The van der Waals surface area contributed by atoms with Gasteiger partial charge in [0.25, 0.3) is 5.91 Å². The largest absolute Gasteiger partial charge is 0.486 e. The molecule has 2 aromatic rings. The third-order valence-corrected chi connectivity index (χ3v) is 7.53. The normalized spacial score (nSPS) is 22.2. The van der Waals surface area contributed by atoms with Crippen LogP contribution >= 0.6 is 0 Å². The Balaban J connectivity index is 1.39. The number of aromatic nitrogens is 3. The zero-order valence-electron chi connectivity index (χ0n) is 22.3. The standard InChI is InChI=1S/C27H38N8O3/c1-34-11-6-12-35(2)23(36)16-38-22-13-20(31-26-24-18(15-34)14-28-25(24)29-17-30-26)9-10-21(22)33-27(37)32-19-7-4-3-5-8-19/h9-10,14,17,19-20H,3-8,11-13,15-16H2,1-2H3,(H2,32,33,37)(H2,28,29,30,31). The molecule has 1 fully saturated rings. The Morgan fingerprint density at radius 3 is 2.82 bits per heavy atom. The van der Waals surface area contributed by atoms with Crippen LogP contribution in [-0.2, 0) is 16.1 Å². The molecular weight excluding hydrogens is 484 g/mol. The summed E-state index contributed by atoms with van der Waals surface area (Å²) in [4.78, 5) is 41.8. The quantitative estimate of drug-likeness (QED) is 0.478. The van der Waals surface area contributed by atoms with E-state index in [1.807, 2.05) is 18.3 Å². The first-order chi connectivity index (χ1) is 18.5. The monoisotopic (exact) mass is 522 g/mol. The lowest BCUT2D eigenvalue weighted by Crippen LogP contribution is -2.43. The summed E-state index contributed by atoms with van der Waals surface area (Å²) in [5, 5.41) is 10.5. The minimum Gasteiger partial charge on any atom is -0.486 e. The summed E-state index contributed by atoms with van der Waals surface area (Å²) in [7, 11) is 3.87. The molecule has 0 saturated heterocycles. The Kier molecular flexibility index (Phi) is 8.11. The zero-order chi connectivity index (χ0) is 26.5. The van der Waals surface area contributed by atoms with Gasteiger partial charge in [-0.25, -0.2) is 14.8 Å². The number of nitrogens with one attached hydrogen (secondary N) is 4. The van der Waals surface area contributed by atoms with Gasteiger partial charge in [0.15, 0.2) is 6.61 Å². The van der Waals surface area contributed by atoms with Crippen LogP contribution in [-0.4, -0.2) is 82.6 Å². The predicted octanol–water partition coefficient (Wildman–Crippen LogP) is 2.85. The van der Waals surface area contributed by atoms with Crippen molar-refractivity contribution in [2.24, 2.45) is 0 Å². The molecule has 4 N–H and O–H groups in total. The summed E-state index contributed by atoms with van der Waals surface area (Å²) >= 11 is 0. The van der Waals surface area contributed by atoms with E-state index in [2.05, 4.69) is 42.8 Å². The lowest BCUT2D eigenvalue weighted by atomic mass is 9.96. The van der Waals surface area contributed by atoms with Gasteiger partial charge in [-0.2, -0.15) is 0 Å². The highest BCUT2D eigenvalue weighted by Crippen LogP contribution is 2.28. The molecule has 2 aliphatic carbocycles. The second kappa shape index (κ2) is 11.8. The molecule has 3 aliphatic rings. The van der Waals surface area contributed by atoms with E-state index in [4.69, 9.17) is 4.74 Å². The van der Waals surface area contributed by atoms with Crippen molar-refractivity contribution >= 4 is 28.8 Å². The van der Waals surface area contributed by atoms with E-state index in [0.29, 0.717) is 24.4 Å². The Morgan fingerprint density at radius 1 is 1.13 bits per heavy atom. The summed E-state index contributed by atoms with van der Waals surface area (Å²) in [6, 6.07) is -0.191. The van der Waals surface area contributed by atoms with Gasteiger partial charge in [0.05, 0.1) is 17.1 Å². The zero-order valence-corrected chi connectivity index (χ0v) is 22.3. The number of H-pyrrole nitrogens is 1. The number of carbonyl (C=O) groups excluding carboxylic acids is 2. The summed E-state index contributed by atoms with van der Waals surface area (Å²) in [6.07, 6.45) is 14.2. The van der Waals surface area contributed by atoms with Crippen molar-refractivity contribution in [2.45, 2.75) is 63.6 Å². The van der Waals surface area contributed by atoms with Gasteiger partial charge in [-0.3, -0.25) is 4.79 Å². The predicted molar refractivity (Wildman–Crippen MR) is 145 cm³/mol. The maximum Gasteiger partial charge on any atom is 0.319 e. The van der Waals surface area contributed by atoms with Crippen molar-refractivity contribution in [1.82, 2.24) is 35.4 Å². The highest BCUT2D eigenvalue weighted by molar-refractivity contribution is 5.90. The molecule has 3 amide bonds. The molecule has 0 radical (unpaired) electrons. The van der Waals surface area contributed by atoms with Crippen LogP contribution in [0.25, 0.3) is 11.0 Å². The molecule has 0 spiro atoms. The molecule has 1 unspecified atom stereocenters. The van der Waals surface area contributed by atoms with Crippen LogP contribution in [0.5, 0.6) is 0 Å². The second-order valence-electron chi connectivity index (χ2n) is 10.5. The van der Waals surface area contributed by atoms with Crippen molar-refractivity contribution in [3.05, 3.63) is 41.7 Å². The first-order valence-corrected chi connectivity index (χ1v) is 13.6. The fraction of sp³-hybridized carbons (Fsp3) is 0.556. The third-order valence-electron chi connectivity index (χ3n) is 7.53. The average molecular weight is 523 g/mol. The maximum absolute atomic E-state index is 12.8. The van der Waals surface area contributed by atoms with Crippen LogP contribution in [0.4, 0.5) is 10.6 Å². The van der Waals surface area contributed by atoms with E-state index >= 15 is 0 Å². The second-order valence-corrected chi connectivity index (χ2v) is 10.5. The van der Waals surface area contributed by atoms with E-state index in [9.17, 15) is 9.59 Å². The molecule has 5 rings (SSSR count). The van der Waals surface area contributed by atoms with Crippen molar-refractivity contribution < 1.29 is 14.3 Å². The molecule has 3 heterocycles.